The number of methoxy groups -OCH3 is 2. The number of amides is 1. The highest BCUT2D eigenvalue weighted by Crippen LogP contribution is 2.29. The molecule has 0 spiro atoms. The summed E-state index contributed by atoms with van der Waals surface area (Å²) in [5.74, 6) is 1.38. The molecule has 0 radical (unpaired) electrons. The van der Waals surface area contributed by atoms with E-state index in [9.17, 15) is 4.79 Å². The summed E-state index contributed by atoms with van der Waals surface area (Å²) in [5, 5.41) is 3.71. The fraction of sp³-hybridized carbons (Fsp3) is 0.350. The Morgan fingerprint density at radius 1 is 1.15 bits per heavy atom. The summed E-state index contributed by atoms with van der Waals surface area (Å²) in [5.41, 5.74) is 1.98. The lowest BCUT2D eigenvalue weighted by atomic mass is 10.1. The minimum absolute atomic E-state index is 0.0566. The van der Waals surface area contributed by atoms with Crippen LogP contribution in [0.5, 0.6) is 11.5 Å². The van der Waals surface area contributed by atoms with Crippen LogP contribution >= 0.6 is 11.6 Å². The van der Waals surface area contributed by atoms with Crippen molar-refractivity contribution < 1.29 is 14.3 Å². The maximum absolute atomic E-state index is 12.4. The zero-order valence-corrected chi connectivity index (χ0v) is 16.3. The zero-order chi connectivity index (χ0) is 19.1. The second-order valence-corrected chi connectivity index (χ2v) is 6.63. The number of carbonyl (C=O) groups excluding carboxylic acids is 1. The third-order valence-corrected chi connectivity index (χ3v) is 4.31. The first-order valence-corrected chi connectivity index (χ1v) is 8.75. The van der Waals surface area contributed by atoms with E-state index in [1.807, 2.05) is 61.3 Å². The molecule has 5 nitrogen and oxygen atoms in total. The number of rotatable bonds is 8. The lowest BCUT2D eigenvalue weighted by Gasteiger charge is -2.21. The quantitative estimate of drug-likeness (QED) is 0.763. The average Bonchev–Trinajstić information content (AvgIpc) is 2.62. The monoisotopic (exact) mass is 376 g/mol. The molecule has 2 rings (SSSR count). The second kappa shape index (κ2) is 9.46. The Balaban J connectivity index is 1.95. The van der Waals surface area contributed by atoms with Gasteiger partial charge in [0.25, 0.3) is 0 Å². The van der Waals surface area contributed by atoms with Gasteiger partial charge in [0.1, 0.15) is 11.5 Å². The van der Waals surface area contributed by atoms with Crippen molar-refractivity contribution in [3.63, 3.8) is 0 Å². The largest absolute Gasteiger partial charge is 0.497 e. The van der Waals surface area contributed by atoms with E-state index < -0.39 is 0 Å². The third kappa shape index (κ3) is 5.64. The molecule has 0 fully saturated rings. The van der Waals surface area contributed by atoms with E-state index in [1.54, 1.807) is 14.2 Å². The van der Waals surface area contributed by atoms with Crippen molar-refractivity contribution in [2.24, 2.45) is 0 Å². The van der Waals surface area contributed by atoms with E-state index in [4.69, 9.17) is 21.1 Å². The van der Waals surface area contributed by atoms with Crippen molar-refractivity contribution in [1.82, 2.24) is 10.2 Å². The average molecular weight is 377 g/mol. The molecule has 2 aromatic carbocycles. The van der Waals surface area contributed by atoms with Crippen LogP contribution in [0.4, 0.5) is 0 Å². The number of nitrogens with zero attached hydrogens (tertiary/aromatic N) is 1. The minimum atomic E-state index is -0.198. The summed E-state index contributed by atoms with van der Waals surface area (Å²) >= 11 is 5.90. The number of carbonyl (C=O) groups is 1. The van der Waals surface area contributed by atoms with Gasteiger partial charge in [-0.25, -0.2) is 0 Å². The van der Waals surface area contributed by atoms with Gasteiger partial charge in [-0.05, 0) is 49.9 Å². The molecule has 0 aromatic heterocycles. The summed E-state index contributed by atoms with van der Waals surface area (Å²) in [4.78, 5) is 14.3. The lowest BCUT2D eigenvalue weighted by molar-refractivity contribution is -0.122. The van der Waals surface area contributed by atoms with Crippen LogP contribution in [0.1, 0.15) is 24.1 Å². The number of hydrogen-bond acceptors (Lipinski definition) is 4. The molecule has 0 saturated carbocycles. The van der Waals surface area contributed by atoms with Crippen molar-refractivity contribution in [2.75, 3.05) is 27.8 Å². The molecule has 0 aliphatic carbocycles. The summed E-state index contributed by atoms with van der Waals surface area (Å²) in [6, 6.07) is 13.0. The van der Waals surface area contributed by atoms with Gasteiger partial charge >= 0.3 is 0 Å². The number of nitrogens with one attached hydrogen (secondary N) is 1. The lowest BCUT2D eigenvalue weighted by Crippen LogP contribution is -2.36. The Bertz CT molecular complexity index is 734. The maximum atomic E-state index is 12.4. The molecule has 1 atom stereocenters. The van der Waals surface area contributed by atoms with E-state index in [1.165, 1.54) is 0 Å². The molecule has 1 N–H and O–H groups in total. The molecule has 0 saturated heterocycles. The molecule has 140 valence electrons. The summed E-state index contributed by atoms with van der Waals surface area (Å²) in [6.45, 7) is 2.88. The van der Waals surface area contributed by atoms with Gasteiger partial charge in [0.05, 0.1) is 26.8 Å². The van der Waals surface area contributed by atoms with Gasteiger partial charge in [-0.1, -0.05) is 23.7 Å². The van der Waals surface area contributed by atoms with Crippen LogP contribution in [0.2, 0.25) is 5.02 Å². The Labute approximate surface area is 159 Å². The fourth-order valence-electron chi connectivity index (χ4n) is 2.75. The molecule has 0 bridgehead atoms. The van der Waals surface area contributed by atoms with Crippen molar-refractivity contribution in [3.8, 4) is 11.5 Å². The van der Waals surface area contributed by atoms with Crippen molar-refractivity contribution in [3.05, 3.63) is 58.6 Å². The molecular formula is C20H25ClN2O3. The molecule has 0 aliphatic heterocycles. The van der Waals surface area contributed by atoms with Crippen LogP contribution in [0.3, 0.4) is 0 Å². The van der Waals surface area contributed by atoms with Crippen LogP contribution in [-0.2, 0) is 11.3 Å². The number of ether oxygens (including phenoxy) is 2. The van der Waals surface area contributed by atoms with Gasteiger partial charge in [0.15, 0.2) is 0 Å². The number of likely N-dealkylation sites (N-methyl/N-ethyl adjacent to an activating group) is 1. The summed E-state index contributed by atoms with van der Waals surface area (Å²) in [7, 11) is 5.13. The van der Waals surface area contributed by atoms with E-state index in [2.05, 4.69) is 5.32 Å². The predicted molar refractivity (Wildman–Crippen MR) is 104 cm³/mol. The van der Waals surface area contributed by atoms with Crippen LogP contribution in [0, 0.1) is 0 Å². The first kappa shape index (κ1) is 20.1. The van der Waals surface area contributed by atoms with Crippen molar-refractivity contribution in [2.45, 2.75) is 19.5 Å². The summed E-state index contributed by atoms with van der Waals surface area (Å²) < 4.78 is 10.7. The third-order valence-electron chi connectivity index (χ3n) is 4.06. The smallest absolute Gasteiger partial charge is 0.234 e. The Hall–Kier alpha value is -2.24. The van der Waals surface area contributed by atoms with Gasteiger partial charge in [-0.3, -0.25) is 9.69 Å². The maximum Gasteiger partial charge on any atom is 0.234 e. The van der Waals surface area contributed by atoms with Gasteiger partial charge in [0, 0.05) is 17.1 Å². The van der Waals surface area contributed by atoms with Crippen molar-refractivity contribution >= 4 is 17.5 Å². The zero-order valence-electron chi connectivity index (χ0n) is 15.6. The highest BCUT2D eigenvalue weighted by molar-refractivity contribution is 6.30. The van der Waals surface area contributed by atoms with E-state index >= 15 is 0 Å². The summed E-state index contributed by atoms with van der Waals surface area (Å²) in [6.07, 6.45) is 0. The Morgan fingerprint density at radius 3 is 2.46 bits per heavy atom. The number of halogens is 1. The first-order valence-electron chi connectivity index (χ1n) is 8.37. The van der Waals surface area contributed by atoms with Gasteiger partial charge in [-0.15, -0.1) is 0 Å². The van der Waals surface area contributed by atoms with Gasteiger partial charge in [0.2, 0.25) is 5.91 Å². The minimum Gasteiger partial charge on any atom is -0.497 e. The highest BCUT2D eigenvalue weighted by atomic mass is 35.5. The number of benzene rings is 2. The first-order chi connectivity index (χ1) is 12.4. The highest BCUT2D eigenvalue weighted by Gasteiger charge is 2.16. The van der Waals surface area contributed by atoms with Crippen LogP contribution in [0.25, 0.3) is 0 Å². The Morgan fingerprint density at radius 2 is 1.85 bits per heavy atom. The van der Waals surface area contributed by atoms with Gasteiger partial charge in [-0.2, -0.15) is 0 Å². The molecule has 1 amide bonds. The fourth-order valence-corrected chi connectivity index (χ4v) is 2.87. The molecule has 0 heterocycles. The SMILES string of the molecule is COc1ccc(OC)c([C@@H](C)NC(=O)CN(C)Cc2ccc(Cl)cc2)c1. The predicted octanol–water partition coefficient (Wildman–Crippen LogP) is 3.67. The molecule has 6 heteroatoms. The van der Waals surface area contributed by atoms with Crippen LogP contribution < -0.4 is 14.8 Å². The molecular weight excluding hydrogens is 352 g/mol. The van der Waals surface area contributed by atoms with Crippen molar-refractivity contribution in [1.29, 1.82) is 0 Å². The van der Waals surface area contributed by atoms with Crippen LogP contribution in [-0.4, -0.2) is 38.6 Å². The standard InChI is InChI=1S/C20H25ClN2O3/c1-14(18-11-17(25-3)9-10-19(18)26-4)22-20(24)13-23(2)12-15-5-7-16(21)8-6-15/h5-11,14H,12-13H2,1-4H3,(H,22,24)/t14-/m1/s1. The van der Waals surface area contributed by atoms with E-state index in [0.29, 0.717) is 23.9 Å². The second-order valence-electron chi connectivity index (χ2n) is 6.20. The Kier molecular flexibility index (Phi) is 7.30. The van der Waals surface area contributed by atoms with Crippen LogP contribution in [0.15, 0.2) is 42.5 Å². The van der Waals surface area contributed by atoms with E-state index in [0.717, 1.165) is 16.9 Å². The number of hydrogen-bond donors (Lipinski definition) is 1. The molecule has 26 heavy (non-hydrogen) atoms. The normalized spacial score (nSPS) is 11.9. The van der Waals surface area contributed by atoms with E-state index in [-0.39, 0.29) is 11.9 Å². The van der Waals surface area contributed by atoms with Gasteiger partial charge < -0.3 is 14.8 Å². The topological polar surface area (TPSA) is 50.8 Å². The molecule has 0 aliphatic rings. The molecule has 2 aromatic rings. The molecule has 0 unspecified atom stereocenters.